The molecule has 0 bridgehead atoms. The van der Waals surface area contributed by atoms with Crippen molar-refractivity contribution in [2.75, 3.05) is 30.8 Å². The van der Waals surface area contributed by atoms with Gasteiger partial charge in [0, 0.05) is 32.4 Å². The first-order valence-corrected chi connectivity index (χ1v) is 10.7. The zero-order valence-corrected chi connectivity index (χ0v) is 15.6. The number of hydrogen-bond donors (Lipinski definition) is 1. The van der Waals surface area contributed by atoms with E-state index >= 15 is 0 Å². The maximum absolute atomic E-state index is 13.2. The molecule has 142 valence electrons. The Morgan fingerprint density at radius 1 is 1.31 bits per heavy atom. The zero-order valence-electron chi connectivity index (χ0n) is 14.8. The fourth-order valence-electron chi connectivity index (χ4n) is 3.97. The molecular weight excluding hydrogens is 357 g/mol. The smallest absolute Gasteiger partial charge is 0.214 e. The van der Waals surface area contributed by atoms with Crippen molar-refractivity contribution in [2.45, 2.75) is 37.9 Å². The van der Waals surface area contributed by atoms with Gasteiger partial charge in [-0.2, -0.15) is 0 Å². The molecule has 0 atom stereocenters. The third-order valence-electron chi connectivity index (χ3n) is 5.65. The summed E-state index contributed by atoms with van der Waals surface area (Å²) in [4.78, 5) is 13.8. The van der Waals surface area contributed by atoms with E-state index in [2.05, 4.69) is 19.9 Å². The van der Waals surface area contributed by atoms with Crippen LogP contribution >= 0.6 is 0 Å². The molecule has 0 amide bonds. The number of aromatic nitrogens is 3. The van der Waals surface area contributed by atoms with Crippen LogP contribution in [0.25, 0.3) is 11.0 Å². The van der Waals surface area contributed by atoms with Crippen LogP contribution in [0, 0.1) is 5.92 Å². The number of piperidine rings is 1. The molecule has 3 heterocycles. The summed E-state index contributed by atoms with van der Waals surface area (Å²) in [6.07, 6.45) is 4.80. The lowest BCUT2D eigenvalue weighted by molar-refractivity contribution is 0.207. The second-order valence-corrected chi connectivity index (χ2v) is 9.41. The van der Waals surface area contributed by atoms with Crippen LogP contribution in [0.15, 0.2) is 18.6 Å². The van der Waals surface area contributed by atoms with E-state index < -0.39 is 16.2 Å². The Kier molecular flexibility index (Phi) is 4.60. The number of aromatic amines is 1. The van der Waals surface area contributed by atoms with Crippen molar-refractivity contribution in [2.24, 2.45) is 5.92 Å². The number of nitrogens with zero attached hydrogens (tertiary/aromatic N) is 4. The van der Waals surface area contributed by atoms with E-state index in [4.69, 9.17) is 0 Å². The predicted molar refractivity (Wildman–Crippen MR) is 98.3 cm³/mol. The Labute approximate surface area is 152 Å². The van der Waals surface area contributed by atoms with Crippen molar-refractivity contribution in [3.8, 4) is 0 Å². The molecular formula is C17H24FN5O2S. The first kappa shape index (κ1) is 17.7. The van der Waals surface area contributed by atoms with Crippen LogP contribution in [0.5, 0.6) is 0 Å². The lowest BCUT2D eigenvalue weighted by Crippen LogP contribution is -2.48. The van der Waals surface area contributed by atoms with E-state index in [1.165, 1.54) is 4.31 Å². The summed E-state index contributed by atoms with van der Waals surface area (Å²) in [6, 6.07) is 2.23. The number of anilines is 1. The number of fused-ring (bicyclic) bond motifs is 1. The molecule has 1 saturated heterocycles. The van der Waals surface area contributed by atoms with Gasteiger partial charge in [0.1, 0.15) is 24.0 Å². The Morgan fingerprint density at radius 2 is 2.04 bits per heavy atom. The van der Waals surface area contributed by atoms with Crippen LogP contribution in [0.1, 0.15) is 25.7 Å². The first-order chi connectivity index (χ1) is 12.4. The topological polar surface area (TPSA) is 82.2 Å². The van der Waals surface area contributed by atoms with Gasteiger partial charge in [-0.1, -0.05) is 0 Å². The van der Waals surface area contributed by atoms with Gasteiger partial charge in [-0.25, -0.2) is 27.1 Å². The highest BCUT2D eigenvalue weighted by Gasteiger charge is 2.38. The maximum Gasteiger partial charge on any atom is 0.214 e. The molecule has 0 spiro atoms. The zero-order chi connectivity index (χ0) is 18.3. The van der Waals surface area contributed by atoms with Crippen LogP contribution in [0.4, 0.5) is 10.2 Å². The largest absolute Gasteiger partial charge is 0.356 e. The second kappa shape index (κ2) is 6.77. The van der Waals surface area contributed by atoms with Gasteiger partial charge in [0.05, 0.1) is 11.1 Å². The molecule has 1 aliphatic carbocycles. The Bertz CT molecular complexity index is 872. The van der Waals surface area contributed by atoms with E-state index in [9.17, 15) is 12.8 Å². The highest BCUT2D eigenvalue weighted by Crippen LogP contribution is 2.36. The molecule has 1 N–H and O–H groups in total. The quantitative estimate of drug-likeness (QED) is 0.856. The van der Waals surface area contributed by atoms with Gasteiger partial charge in [0.25, 0.3) is 0 Å². The van der Waals surface area contributed by atoms with Gasteiger partial charge in [-0.05, 0) is 37.7 Å². The molecule has 2 aliphatic rings. The van der Waals surface area contributed by atoms with Crippen molar-refractivity contribution in [3.63, 3.8) is 0 Å². The van der Waals surface area contributed by atoms with E-state index in [1.54, 1.807) is 6.33 Å². The number of halogens is 1. The fraction of sp³-hybridized carbons (Fsp3) is 0.647. The summed E-state index contributed by atoms with van der Waals surface area (Å²) in [5.74, 6) is 1.18. The van der Waals surface area contributed by atoms with E-state index in [0.717, 1.165) is 29.7 Å². The number of nitrogens with one attached hydrogen (secondary N) is 1. The van der Waals surface area contributed by atoms with Gasteiger partial charge in [-0.15, -0.1) is 0 Å². The molecule has 2 aromatic heterocycles. The minimum absolute atomic E-state index is 0.152. The minimum Gasteiger partial charge on any atom is -0.356 e. The molecule has 0 unspecified atom stereocenters. The SMILES string of the molecule is CN(c1ncnc2[nH]ccc12)C1CC(CS(=O)(=O)N2CCC(F)CC2)C1. The minimum atomic E-state index is -3.29. The molecule has 9 heteroatoms. The normalized spacial score (nSPS) is 25.3. The molecule has 0 radical (unpaired) electrons. The molecule has 1 saturated carbocycles. The van der Waals surface area contributed by atoms with Crippen LogP contribution < -0.4 is 4.90 Å². The van der Waals surface area contributed by atoms with Crippen molar-refractivity contribution < 1.29 is 12.8 Å². The van der Waals surface area contributed by atoms with Gasteiger partial charge < -0.3 is 9.88 Å². The summed E-state index contributed by atoms with van der Waals surface area (Å²) < 4.78 is 39.8. The van der Waals surface area contributed by atoms with E-state index in [1.807, 2.05) is 19.3 Å². The molecule has 0 aromatic carbocycles. The monoisotopic (exact) mass is 381 g/mol. The van der Waals surface area contributed by atoms with Gasteiger partial charge in [-0.3, -0.25) is 0 Å². The van der Waals surface area contributed by atoms with Crippen LogP contribution in [-0.4, -0.2) is 65.8 Å². The Balaban J connectivity index is 1.36. The summed E-state index contributed by atoms with van der Waals surface area (Å²) in [6.45, 7) is 0.623. The number of alkyl halides is 1. The Morgan fingerprint density at radius 3 is 2.77 bits per heavy atom. The number of rotatable bonds is 5. The number of hydrogen-bond acceptors (Lipinski definition) is 5. The fourth-order valence-corrected chi connectivity index (χ4v) is 5.82. The lowest BCUT2D eigenvalue weighted by atomic mass is 9.81. The average Bonchev–Trinajstić information content (AvgIpc) is 3.06. The van der Waals surface area contributed by atoms with Crippen molar-refractivity contribution in [3.05, 3.63) is 18.6 Å². The van der Waals surface area contributed by atoms with Crippen LogP contribution in [-0.2, 0) is 10.0 Å². The highest BCUT2D eigenvalue weighted by molar-refractivity contribution is 7.89. The van der Waals surface area contributed by atoms with Crippen molar-refractivity contribution in [1.82, 2.24) is 19.3 Å². The summed E-state index contributed by atoms with van der Waals surface area (Å²) in [5, 5.41) is 0.972. The lowest BCUT2D eigenvalue weighted by Gasteiger charge is -2.42. The molecule has 2 aromatic rings. The van der Waals surface area contributed by atoms with Crippen molar-refractivity contribution >= 4 is 26.9 Å². The standard InChI is InChI=1S/C17H24FN5O2S/c1-22(17-15-2-5-19-16(15)20-11-21-17)14-8-12(9-14)10-26(24,25)23-6-3-13(18)4-7-23/h2,5,11-14H,3-4,6-10H2,1H3,(H,19,20,21). The molecule has 2 fully saturated rings. The van der Waals surface area contributed by atoms with E-state index in [-0.39, 0.29) is 17.7 Å². The third kappa shape index (κ3) is 3.29. The summed E-state index contributed by atoms with van der Waals surface area (Å²) in [5.41, 5.74) is 0.802. The number of H-pyrrole nitrogens is 1. The molecule has 26 heavy (non-hydrogen) atoms. The second-order valence-electron chi connectivity index (χ2n) is 7.39. The highest BCUT2D eigenvalue weighted by atomic mass is 32.2. The number of sulfonamides is 1. The maximum atomic E-state index is 13.2. The van der Waals surface area contributed by atoms with Crippen molar-refractivity contribution in [1.29, 1.82) is 0 Å². The van der Waals surface area contributed by atoms with Gasteiger partial charge in [0.2, 0.25) is 10.0 Å². The molecule has 7 nitrogen and oxygen atoms in total. The van der Waals surface area contributed by atoms with Crippen LogP contribution in [0.3, 0.4) is 0 Å². The molecule has 1 aliphatic heterocycles. The summed E-state index contributed by atoms with van der Waals surface area (Å²) in [7, 11) is -1.29. The third-order valence-corrected chi connectivity index (χ3v) is 7.69. The van der Waals surface area contributed by atoms with Crippen LogP contribution in [0.2, 0.25) is 0 Å². The average molecular weight is 381 g/mol. The predicted octanol–water partition coefficient (Wildman–Crippen LogP) is 1.94. The first-order valence-electron chi connectivity index (χ1n) is 9.07. The summed E-state index contributed by atoms with van der Waals surface area (Å²) >= 11 is 0. The Hall–Kier alpha value is -1.74. The van der Waals surface area contributed by atoms with Gasteiger partial charge >= 0.3 is 0 Å². The van der Waals surface area contributed by atoms with Gasteiger partial charge in [0.15, 0.2) is 0 Å². The molecule has 4 rings (SSSR count). The van der Waals surface area contributed by atoms with E-state index in [0.29, 0.717) is 25.9 Å².